The van der Waals surface area contributed by atoms with Crippen LogP contribution in [0.2, 0.25) is 0 Å². The maximum atomic E-state index is 5.64. The van der Waals surface area contributed by atoms with Gasteiger partial charge in [0, 0.05) is 12.6 Å². The molecule has 1 heterocycles. The molecule has 0 aliphatic rings. The number of hydrogen-bond acceptors (Lipinski definition) is 5. The molecule has 0 amide bonds. The largest absolute Gasteiger partial charge is 0.477 e. The lowest BCUT2D eigenvalue weighted by atomic mass is 10.1. The molecule has 1 aromatic rings. The summed E-state index contributed by atoms with van der Waals surface area (Å²) in [5.74, 6) is 2.22. The van der Waals surface area contributed by atoms with Crippen LogP contribution in [-0.2, 0) is 0 Å². The number of rotatable bonds is 8. The average Bonchev–Trinajstić information content (AvgIpc) is 2.31. The molecule has 5 heteroatoms. The van der Waals surface area contributed by atoms with Crippen molar-refractivity contribution in [3.05, 3.63) is 6.07 Å². The number of hydrogen-bond donors (Lipinski definition) is 2. The molecular weight excluding hydrogens is 228 g/mol. The van der Waals surface area contributed by atoms with E-state index in [9.17, 15) is 0 Å². The Morgan fingerprint density at radius 1 is 1.39 bits per heavy atom. The average molecular weight is 252 g/mol. The van der Waals surface area contributed by atoms with Crippen molar-refractivity contribution in [3.8, 4) is 5.88 Å². The third-order valence-corrected chi connectivity index (χ3v) is 2.45. The zero-order valence-corrected chi connectivity index (χ0v) is 11.6. The van der Waals surface area contributed by atoms with E-state index in [1.54, 1.807) is 6.07 Å². The lowest BCUT2D eigenvalue weighted by molar-refractivity contribution is 0.287. The number of ether oxygens (including phenoxy) is 1. The summed E-state index contributed by atoms with van der Waals surface area (Å²) < 4.78 is 5.59. The zero-order chi connectivity index (χ0) is 13.4. The highest BCUT2D eigenvalue weighted by Gasteiger charge is 2.03. The van der Waals surface area contributed by atoms with Crippen molar-refractivity contribution in [2.24, 2.45) is 5.92 Å². The molecule has 0 fully saturated rings. The van der Waals surface area contributed by atoms with Gasteiger partial charge in [-0.15, -0.1) is 0 Å². The summed E-state index contributed by atoms with van der Waals surface area (Å²) in [6.07, 6.45) is 3.22. The smallest absolute Gasteiger partial charge is 0.225 e. The first-order valence-corrected chi connectivity index (χ1v) is 6.63. The highest BCUT2D eigenvalue weighted by Crippen LogP contribution is 2.15. The van der Waals surface area contributed by atoms with Gasteiger partial charge in [0.1, 0.15) is 5.82 Å². The highest BCUT2D eigenvalue weighted by atomic mass is 16.5. The minimum absolute atomic E-state index is 0.245. The van der Waals surface area contributed by atoms with Gasteiger partial charge in [-0.3, -0.25) is 0 Å². The van der Waals surface area contributed by atoms with E-state index in [-0.39, 0.29) is 5.95 Å². The van der Waals surface area contributed by atoms with Gasteiger partial charge in [0.2, 0.25) is 11.8 Å². The lowest BCUT2D eigenvalue weighted by Crippen LogP contribution is -2.07. The SMILES string of the molecule is CCCNc1cc(OCCCC(C)C)nc(N)n1. The molecular formula is C13H24N4O. The van der Waals surface area contributed by atoms with E-state index in [1.807, 2.05) is 0 Å². The molecule has 0 aliphatic carbocycles. The van der Waals surface area contributed by atoms with Gasteiger partial charge in [-0.2, -0.15) is 9.97 Å². The molecule has 0 aliphatic heterocycles. The summed E-state index contributed by atoms with van der Waals surface area (Å²) in [6, 6.07) is 1.79. The predicted molar refractivity (Wildman–Crippen MR) is 74.8 cm³/mol. The van der Waals surface area contributed by atoms with E-state index in [0.717, 1.165) is 31.6 Å². The molecule has 1 aromatic heterocycles. The second-order valence-electron chi connectivity index (χ2n) is 4.76. The second-order valence-corrected chi connectivity index (χ2v) is 4.76. The normalized spacial score (nSPS) is 10.7. The number of nitrogens with two attached hydrogens (primary N) is 1. The van der Waals surface area contributed by atoms with Crippen LogP contribution in [0, 0.1) is 5.92 Å². The third kappa shape index (κ3) is 5.70. The third-order valence-electron chi connectivity index (χ3n) is 2.45. The van der Waals surface area contributed by atoms with E-state index in [0.29, 0.717) is 18.4 Å². The van der Waals surface area contributed by atoms with Crippen LogP contribution in [0.3, 0.4) is 0 Å². The minimum atomic E-state index is 0.245. The van der Waals surface area contributed by atoms with Gasteiger partial charge in [-0.25, -0.2) is 0 Å². The van der Waals surface area contributed by atoms with Crippen molar-refractivity contribution < 1.29 is 4.74 Å². The number of nitrogen functional groups attached to an aromatic ring is 1. The Morgan fingerprint density at radius 3 is 2.83 bits per heavy atom. The number of anilines is 2. The zero-order valence-electron chi connectivity index (χ0n) is 11.6. The Kier molecular flexibility index (Phi) is 6.25. The minimum Gasteiger partial charge on any atom is -0.477 e. The predicted octanol–water partition coefficient (Wildman–Crippen LogP) is 2.70. The molecule has 3 N–H and O–H groups in total. The Hall–Kier alpha value is -1.52. The van der Waals surface area contributed by atoms with E-state index in [4.69, 9.17) is 10.5 Å². The van der Waals surface area contributed by atoms with Gasteiger partial charge in [0.25, 0.3) is 0 Å². The van der Waals surface area contributed by atoms with Gasteiger partial charge in [-0.1, -0.05) is 20.8 Å². The molecule has 0 bridgehead atoms. The molecule has 0 spiro atoms. The lowest BCUT2D eigenvalue weighted by Gasteiger charge is -2.09. The summed E-state index contributed by atoms with van der Waals surface area (Å²) in [5.41, 5.74) is 5.64. The molecule has 18 heavy (non-hydrogen) atoms. The van der Waals surface area contributed by atoms with Crippen LogP contribution < -0.4 is 15.8 Å². The maximum Gasteiger partial charge on any atom is 0.225 e. The standard InChI is InChI=1S/C13H24N4O/c1-4-7-15-11-9-12(17-13(14)16-11)18-8-5-6-10(2)3/h9-10H,4-8H2,1-3H3,(H3,14,15,16,17). The Labute approximate surface area is 109 Å². The molecule has 1 rings (SSSR count). The van der Waals surface area contributed by atoms with Crippen LogP contribution in [-0.4, -0.2) is 23.1 Å². The molecule has 0 atom stereocenters. The van der Waals surface area contributed by atoms with Crippen LogP contribution in [0.25, 0.3) is 0 Å². The molecule has 0 saturated heterocycles. The van der Waals surface area contributed by atoms with Gasteiger partial charge >= 0.3 is 0 Å². The fraction of sp³-hybridized carbons (Fsp3) is 0.692. The molecule has 0 aromatic carbocycles. The van der Waals surface area contributed by atoms with Crippen molar-refractivity contribution in [1.29, 1.82) is 0 Å². The fourth-order valence-electron chi connectivity index (χ4n) is 1.53. The molecule has 0 saturated carbocycles. The Balaban J connectivity index is 2.46. The van der Waals surface area contributed by atoms with Crippen molar-refractivity contribution in [3.63, 3.8) is 0 Å². The quantitative estimate of drug-likeness (QED) is 0.696. The Bertz CT molecular complexity index is 355. The maximum absolute atomic E-state index is 5.64. The highest BCUT2D eigenvalue weighted by molar-refractivity contribution is 5.42. The van der Waals surface area contributed by atoms with Gasteiger partial charge in [0.15, 0.2) is 0 Å². The van der Waals surface area contributed by atoms with Crippen molar-refractivity contribution in [2.75, 3.05) is 24.2 Å². The molecule has 0 unspecified atom stereocenters. The molecule has 5 nitrogen and oxygen atoms in total. The fourth-order valence-corrected chi connectivity index (χ4v) is 1.53. The summed E-state index contributed by atoms with van der Waals surface area (Å²) in [4.78, 5) is 8.17. The van der Waals surface area contributed by atoms with Crippen LogP contribution >= 0.6 is 0 Å². The number of nitrogens with one attached hydrogen (secondary N) is 1. The summed E-state index contributed by atoms with van der Waals surface area (Å²) in [6.45, 7) is 8.04. The summed E-state index contributed by atoms with van der Waals surface area (Å²) in [7, 11) is 0. The second kappa shape index (κ2) is 7.74. The van der Waals surface area contributed by atoms with Gasteiger partial charge in [-0.05, 0) is 25.2 Å². The number of nitrogens with zero attached hydrogens (tertiary/aromatic N) is 2. The van der Waals surface area contributed by atoms with Gasteiger partial charge in [0.05, 0.1) is 6.61 Å². The van der Waals surface area contributed by atoms with Crippen molar-refractivity contribution in [1.82, 2.24) is 9.97 Å². The first kappa shape index (κ1) is 14.5. The van der Waals surface area contributed by atoms with Crippen LogP contribution in [0.4, 0.5) is 11.8 Å². The van der Waals surface area contributed by atoms with E-state index in [1.165, 1.54) is 0 Å². The van der Waals surface area contributed by atoms with Crippen LogP contribution in [0.15, 0.2) is 6.07 Å². The van der Waals surface area contributed by atoms with Crippen LogP contribution in [0.5, 0.6) is 5.88 Å². The van der Waals surface area contributed by atoms with Gasteiger partial charge < -0.3 is 15.8 Å². The molecule has 102 valence electrons. The summed E-state index contributed by atoms with van der Waals surface area (Å²) >= 11 is 0. The van der Waals surface area contributed by atoms with Crippen LogP contribution in [0.1, 0.15) is 40.0 Å². The van der Waals surface area contributed by atoms with Crippen molar-refractivity contribution >= 4 is 11.8 Å². The monoisotopic (exact) mass is 252 g/mol. The first-order valence-electron chi connectivity index (χ1n) is 6.63. The van der Waals surface area contributed by atoms with Crippen molar-refractivity contribution in [2.45, 2.75) is 40.0 Å². The molecule has 0 radical (unpaired) electrons. The van der Waals surface area contributed by atoms with E-state index < -0.39 is 0 Å². The topological polar surface area (TPSA) is 73.1 Å². The first-order chi connectivity index (χ1) is 8.61. The Morgan fingerprint density at radius 2 is 2.17 bits per heavy atom. The van der Waals surface area contributed by atoms with E-state index >= 15 is 0 Å². The summed E-state index contributed by atoms with van der Waals surface area (Å²) in [5, 5.41) is 3.17. The number of aromatic nitrogens is 2. The van der Waals surface area contributed by atoms with E-state index in [2.05, 4.69) is 36.1 Å².